The Morgan fingerprint density at radius 2 is 1.79 bits per heavy atom. The monoisotopic (exact) mass is 514 g/mol. The average molecular weight is 514 g/mol. The number of anilines is 1. The molecule has 0 atom stereocenters. The lowest BCUT2D eigenvalue weighted by atomic mass is 10.1. The van der Waals surface area contributed by atoms with E-state index in [1.807, 2.05) is 23.9 Å². The Hall–Kier alpha value is -1.48. The fourth-order valence-corrected chi connectivity index (χ4v) is 3.97. The summed E-state index contributed by atoms with van der Waals surface area (Å²) in [6.07, 6.45) is 0.621. The third-order valence-electron chi connectivity index (χ3n) is 4.64. The van der Waals surface area contributed by atoms with Gasteiger partial charge in [-0.15, -0.1) is 24.0 Å². The number of nitrogens with zero attached hydrogens (tertiary/aromatic N) is 2. The van der Waals surface area contributed by atoms with E-state index in [0.29, 0.717) is 25.1 Å². The second-order valence-corrected chi connectivity index (χ2v) is 7.68. The van der Waals surface area contributed by atoms with Crippen molar-refractivity contribution in [2.75, 3.05) is 43.1 Å². The Balaban J connectivity index is 0.00000280. The van der Waals surface area contributed by atoms with Crippen LogP contribution in [0.25, 0.3) is 0 Å². The van der Waals surface area contributed by atoms with Gasteiger partial charge < -0.3 is 15.5 Å². The summed E-state index contributed by atoms with van der Waals surface area (Å²) in [4.78, 5) is 6.68. The van der Waals surface area contributed by atoms with Gasteiger partial charge in [0.05, 0.1) is 0 Å². The molecule has 0 aliphatic carbocycles. The topological polar surface area (TPSA) is 39.7 Å². The average Bonchev–Trinajstić information content (AvgIpc) is 2.73. The molecule has 1 aliphatic rings. The van der Waals surface area contributed by atoms with Crippen LogP contribution in [-0.4, -0.2) is 44.1 Å². The molecular weight excluding hydrogens is 486 g/mol. The summed E-state index contributed by atoms with van der Waals surface area (Å²) in [7, 11) is 1.75. The first-order valence-corrected chi connectivity index (χ1v) is 10.5. The summed E-state index contributed by atoms with van der Waals surface area (Å²) >= 11 is 2.02. The Morgan fingerprint density at radius 3 is 2.46 bits per heavy atom. The molecule has 1 fully saturated rings. The van der Waals surface area contributed by atoms with Gasteiger partial charge in [0.25, 0.3) is 0 Å². The van der Waals surface area contributed by atoms with Crippen molar-refractivity contribution in [2.45, 2.75) is 13.0 Å². The van der Waals surface area contributed by atoms with Crippen molar-refractivity contribution in [3.05, 3.63) is 65.5 Å². The Labute approximate surface area is 188 Å². The minimum Gasteiger partial charge on any atom is -0.370 e. The number of rotatable bonds is 6. The van der Waals surface area contributed by atoms with Gasteiger partial charge in [0, 0.05) is 50.4 Å². The Kier molecular flexibility index (Phi) is 9.91. The lowest BCUT2D eigenvalue weighted by molar-refractivity contribution is 0.606. The van der Waals surface area contributed by atoms with Crippen LogP contribution in [0.2, 0.25) is 0 Å². The van der Waals surface area contributed by atoms with Gasteiger partial charge in [0.15, 0.2) is 5.96 Å². The Bertz CT molecular complexity index is 748. The van der Waals surface area contributed by atoms with Crippen molar-refractivity contribution < 1.29 is 4.39 Å². The molecule has 0 radical (unpaired) electrons. The van der Waals surface area contributed by atoms with Gasteiger partial charge in [0.1, 0.15) is 5.82 Å². The molecule has 1 aliphatic heterocycles. The molecule has 2 aromatic carbocycles. The van der Waals surface area contributed by atoms with Crippen molar-refractivity contribution in [1.29, 1.82) is 0 Å². The van der Waals surface area contributed by atoms with Crippen LogP contribution in [0.3, 0.4) is 0 Å². The molecule has 152 valence electrons. The van der Waals surface area contributed by atoms with E-state index in [0.717, 1.165) is 19.0 Å². The molecule has 3 rings (SSSR count). The van der Waals surface area contributed by atoms with E-state index in [4.69, 9.17) is 0 Å². The van der Waals surface area contributed by atoms with E-state index >= 15 is 0 Å². The lowest BCUT2D eigenvalue weighted by Crippen LogP contribution is -2.38. The third-order valence-corrected chi connectivity index (χ3v) is 5.58. The third kappa shape index (κ3) is 6.84. The quantitative estimate of drug-likeness (QED) is 0.349. The van der Waals surface area contributed by atoms with Crippen molar-refractivity contribution in [3.63, 3.8) is 0 Å². The van der Waals surface area contributed by atoms with E-state index in [1.165, 1.54) is 28.8 Å². The molecule has 0 spiro atoms. The fourth-order valence-electron chi connectivity index (χ4n) is 3.07. The predicted molar refractivity (Wildman–Crippen MR) is 130 cm³/mol. The summed E-state index contributed by atoms with van der Waals surface area (Å²) in [5.74, 6) is 2.98. The van der Waals surface area contributed by atoms with E-state index in [-0.39, 0.29) is 29.8 Å². The highest BCUT2D eigenvalue weighted by atomic mass is 127. The number of halogens is 2. The molecular formula is C21H28FIN4S. The highest BCUT2D eigenvalue weighted by Gasteiger charge is 2.10. The molecule has 0 aromatic heterocycles. The highest BCUT2D eigenvalue weighted by molar-refractivity contribution is 14.0. The molecule has 7 heteroatoms. The van der Waals surface area contributed by atoms with Gasteiger partial charge in [0.2, 0.25) is 0 Å². The van der Waals surface area contributed by atoms with E-state index in [2.05, 4.69) is 44.8 Å². The SMILES string of the molecule is CN=C(NCCc1ccccc1F)NCc1ccc(N2CCSCC2)cc1.I. The summed E-state index contributed by atoms with van der Waals surface area (Å²) in [5.41, 5.74) is 3.22. The normalized spacial score (nSPS) is 14.4. The van der Waals surface area contributed by atoms with Gasteiger partial charge in [-0.05, 0) is 35.7 Å². The molecule has 28 heavy (non-hydrogen) atoms. The van der Waals surface area contributed by atoms with Crippen molar-refractivity contribution in [1.82, 2.24) is 10.6 Å². The molecule has 2 N–H and O–H groups in total. The fraction of sp³-hybridized carbons (Fsp3) is 0.381. The van der Waals surface area contributed by atoms with Crippen molar-refractivity contribution >= 4 is 47.4 Å². The zero-order valence-corrected chi connectivity index (χ0v) is 19.3. The summed E-state index contributed by atoms with van der Waals surface area (Å²) < 4.78 is 13.7. The van der Waals surface area contributed by atoms with Gasteiger partial charge in [-0.1, -0.05) is 30.3 Å². The van der Waals surface area contributed by atoms with E-state index in [9.17, 15) is 4.39 Å². The number of hydrogen-bond donors (Lipinski definition) is 2. The maximum Gasteiger partial charge on any atom is 0.191 e. The molecule has 4 nitrogen and oxygen atoms in total. The van der Waals surface area contributed by atoms with Crippen LogP contribution in [0.1, 0.15) is 11.1 Å². The number of thioether (sulfide) groups is 1. The number of benzene rings is 2. The minimum atomic E-state index is -0.158. The first kappa shape index (κ1) is 22.8. The smallest absolute Gasteiger partial charge is 0.191 e. The molecule has 1 heterocycles. The number of aliphatic imine (C=N–C) groups is 1. The van der Waals surface area contributed by atoms with Crippen LogP contribution in [0.15, 0.2) is 53.5 Å². The predicted octanol–water partition coefficient (Wildman–Crippen LogP) is 3.90. The van der Waals surface area contributed by atoms with E-state index in [1.54, 1.807) is 13.1 Å². The van der Waals surface area contributed by atoms with Crippen LogP contribution in [0.4, 0.5) is 10.1 Å². The molecule has 1 saturated heterocycles. The molecule has 0 bridgehead atoms. The summed E-state index contributed by atoms with van der Waals surface area (Å²) in [6, 6.07) is 15.6. The minimum absolute atomic E-state index is 0. The zero-order valence-electron chi connectivity index (χ0n) is 16.2. The highest BCUT2D eigenvalue weighted by Crippen LogP contribution is 2.19. The molecule has 0 amide bonds. The van der Waals surface area contributed by atoms with Gasteiger partial charge in [-0.3, -0.25) is 4.99 Å². The lowest BCUT2D eigenvalue weighted by Gasteiger charge is -2.28. The second kappa shape index (κ2) is 12.2. The van der Waals surface area contributed by atoms with Crippen LogP contribution in [0, 0.1) is 5.82 Å². The largest absolute Gasteiger partial charge is 0.370 e. The first-order valence-electron chi connectivity index (χ1n) is 9.36. The number of guanidine groups is 1. The second-order valence-electron chi connectivity index (χ2n) is 6.46. The van der Waals surface area contributed by atoms with Gasteiger partial charge in [-0.2, -0.15) is 11.8 Å². The summed E-state index contributed by atoms with van der Waals surface area (Å²) in [5, 5.41) is 6.55. The van der Waals surface area contributed by atoms with Crippen molar-refractivity contribution in [2.24, 2.45) is 4.99 Å². The zero-order chi connectivity index (χ0) is 18.9. The maximum atomic E-state index is 13.7. The van der Waals surface area contributed by atoms with Crippen molar-refractivity contribution in [3.8, 4) is 0 Å². The van der Waals surface area contributed by atoms with Crippen LogP contribution >= 0.6 is 35.7 Å². The molecule has 0 saturated carbocycles. The van der Waals surface area contributed by atoms with Gasteiger partial charge >= 0.3 is 0 Å². The first-order chi connectivity index (χ1) is 13.3. The maximum absolute atomic E-state index is 13.7. The standard InChI is InChI=1S/C21H27FN4S.HI/c1-23-21(24-11-10-18-4-2-3-5-20(18)22)25-16-17-6-8-19(9-7-17)26-12-14-27-15-13-26;/h2-9H,10-16H2,1H3,(H2,23,24,25);1H. The van der Waals surface area contributed by atoms with Crippen LogP contribution in [0.5, 0.6) is 0 Å². The Morgan fingerprint density at radius 1 is 1.07 bits per heavy atom. The van der Waals surface area contributed by atoms with Crippen LogP contribution in [-0.2, 0) is 13.0 Å². The summed E-state index contributed by atoms with van der Waals surface area (Å²) in [6.45, 7) is 3.59. The molecule has 2 aromatic rings. The van der Waals surface area contributed by atoms with Crippen LogP contribution < -0.4 is 15.5 Å². The molecule has 0 unspecified atom stereocenters. The number of hydrogen-bond acceptors (Lipinski definition) is 3. The van der Waals surface area contributed by atoms with E-state index < -0.39 is 0 Å². The number of nitrogens with one attached hydrogen (secondary N) is 2. The van der Waals surface area contributed by atoms with Gasteiger partial charge in [-0.25, -0.2) is 4.39 Å².